The molecule has 1 fully saturated rings. The Kier molecular flexibility index (Phi) is 21.1. The van der Waals surface area contributed by atoms with Gasteiger partial charge in [-0.15, -0.1) is 0 Å². The Hall–Kier alpha value is -7.37. The zero-order chi connectivity index (χ0) is 56.0. The number of aliphatic hydroxyl groups excluding tert-OH is 1. The Balaban J connectivity index is 1.38. The number of imide groups is 1. The highest BCUT2D eigenvalue weighted by atomic mass is 19.1. The van der Waals surface area contributed by atoms with Crippen LogP contribution in [0.2, 0.25) is 0 Å². The summed E-state index contributed by atoms with van der Waals surface area (Å²) >= 11 is 0. The van der Waals surface area contributed by atoms with Crippen molar-refractivity contribution in [3.8, 4) is 11.1 Å². The lowest BCUT2D eigenvalue weighted by Gasteiger charge is -2.42. The van der Waals surface area contributed by atoms with Crippen molar-refractivity contribution in [2.45, 2.75) is 110 Å². The summed E-state index contributed by atoms with van der Waals surface area (Å²) in [6.45, 7) is 7.63. The third-order valence-corrected chi connectivity index (χ3v) is 13.3. The van der Waals surface area contributed by atoms with Crippen molar-refractivity contribution in [1.82, 2.24) is 34.8 Å². The number of halogens is 2. The van der Waals surface area contributed by atoms with E-state index in [2.05, 4.69) is 10.6 Å². The van der Waals surface area contributed by atoms with E-state index in [9.17, 15) is 52.6 Å². The monoisotopic (exact) mass is 1060 g/mol. The molecule has 9 N–H and O–H groups in total. The standard InChI is InChI=1S/C53H70F2N10O11/c1-32(2)47(51(74)76-50(73)40(57)12-9-21-59-52(58)75)60-42(67)20-25-63(36-17-22-61(23-18-36)45(70)30-65-43(68)15-16-44(65)69)49(72)39(56)19-24-64(46(71)31-66)48(53(3,4)5)41-26-34(37-27-35(54)13-14-38(37)55)29-62(41)28-33-10-7-6-8-11-33/h6-8,10-11,13-16,26-27,29,32,36,39-40,47-48,66H,9,12,17-25,28,30-31,56-57H2,1-5H3,(H,60,67)(H3,58,59,75)/t39-,40-,47-,48-/m0/s1. The number of carbonyl (C=O) groups is 9. The summed E-state index contributed by atoms with van der Waals surface area (Å²) in [5.41, 5.74) is 18.6. The number of aromatic nitrogens is 1. The van der Waals surface area contributed by atoms with E-state index in [0.29, 0.717) is 11.3 Å². The number of amides is 8. The second-order valence-corrected chi connectivity index (χ2v) is 20.4. The van der Waals surface area contributed by atoms with Crippen molar-refractivity contribution >= 4 is 53.4 Å². The van der Waals surface area contributed by atoms with Gasteiger partial charge in [-0.3, -0.25) is 33.7 Å². The summed E-state index contributed by atoms with van der Waals surface area (Å²) in [5.74, 6) is -7.77. The normalized spacial score (nSPS) is 15.5. The number of carbonyl (C=O) groups excluding carboxylic acids is 9. The van der Waals surface area contributed by atoms with Gasteiger partial charge in [0.2, 0.25) is 23.6 Å². The minimum atomic E-state index is -1.31. The van der Waals surface area contributed by atoms with Gasteiger partial charge in [-0.25, -0.2) is 23.2 Å². The highest BCUT2D eigenvalue weighted by Gasteiger charge is 2.39. The van der Waals surface area contributed by atoms with Crippen LogP contribution in [0.15, 0.2) is 72.9 Å². The van der Waals surface area contributed by atoms with Crippen LogP contribution in [0.3, 0.4) is 0 Å². The molecule has 21 nitrogen and oxygen atoms in total. The molecular formula is C53H70F2N10O11. The van der Waals surface area contributed by atoms with Gasteiger partial charge in [0.15, 0.2) is 0 Å². The van der Waals surface area contributed by atoms with E-state index in [-0.39, 0.29) is 83.4 Å². The lowest BCUT2D eigenvalue weighted by Crippen LogP contribution is -2.55. The van der Waals surface area contributed by atoms with Crippen LogP contribution in [0.5, 0.6) is 0 Å². The van der Waals surface area contributed by atoms with Crippen LogP contribution in [0, 0.1) is 23.0 Å². The van der Waals surface area contributed by atoms with E-state index in [1.54, 1.807) is 26.1 Å². The molecule has 8 amide bonds. The summed E-state index contributed by atoms with van der Waals surface area (Å²) in [7, 11) is 0. The number of nitrogens with one attached hydrogen (secondary N) is 2. The maximum Gasteiger partial charge on any atom is 0.336 e. The molecule has 412 valence electrons. The fraction of sp³-hybridized carbons (Fsp3) is 0.491. The van der Waals surface area contributed by atoms with Crippen molar-refractivity contribution < 1.29 is 61.8 Å². The SMILES string of the molecule is CC(C)[C@H](NC(=O)CCN(C(=O)[C@@H](N)CCN(C(=O)CO)[C@@H](c1cc(-c2cc(F)ccc2F)cn1Cc1ccccc1)C(C)(C)C)C1CCN(C(=O)CN2C(=O)C=CC2=O)CC1)C(=O)OC(=O)[C@@H](N)CCCNC(N)=O. The third kappa shape index (κ3) is 16.1. The maximum atomic E-state index is 15.3. The van der Waals surface area contributed by atoms with E-state index in [0.717, 1.165) is 40.8 Å². The first-order chi connectivity index (χ1) is 35.9. The minimum Gasteiger partial charge on any atom is -0.390 e. The zero-order valence-corrected chi connectivity index (χ0v) is 43.5. The summed E-state index contributed by atoms with van der Waals surface area (Å²) in [5, 5.41) is 15.4. The lowest BCUT2D eigenvalue weighted by molar-refractivity contribution is -0.164. The van der Waals surface area contributed by atoms with E-state index in [1.165, 1.54) is 14.7 Å². The molecule has 2 aliphatic rings. The Labute approximate surface area is 440 Å². The Morgan fingerprint density at radius 3 is 2.14 bits per heavy atom. The summed E-state index contributed by atoms with van der Waals surface area (Å²) in [6.07, 6.45) is 3.99. The van der Waals surface area contributed by atoms with Crippen LogP contribution in [0.1, 0.15) is 90.4 Å². The smallest absolute Gasteiger partial charge is 0.336 e. The van der Waals surface area contributed by atoms with Crippen LogP contribution in [-0.4, -0.2) is 153 Å². The van der Waals surface area contributed by atoms with Gasteiger partial charge in [-0.2, -0.15) is 0 Å². The van der Waals surface area contributed by atoms with Crippen molar-refractivity contribution in [3.63, 3.8) is 0 Å². The first-order valence-corrected chi connectivity index (χ1v) is 25.2. The molecule has 1 saturated heterocycles. The van der Waals surface area contributed by atoms with E-state index in [4.69, 9.17) is 21.9 Å². The topological polar surface area (TPSA) is 303 Å². The number of ether oxygens (including phenoxy) is 1. The van der Waals surface area contributed by atoms with Crippen LogP contribution in [0.4, 0.5) is 13.6 Å². The number of esters is 2. The number of likely N-dealkylation sites (tertiary alicyclic amines) is 1. The molecule has 3 aromatic rings. The summed E-state index contributed by atoms with van der Waals surface area (Å²) in [4.78, 5) is 122. The van der Waals surface area contributed by atoms with Gasteiger partial charge in [0.1, 0.15) is 36.9 Å². The highest BCUT2D eigenvalue weighted by Crippen LogP contribution is 2.41. The molecule has 0 bridgehead atoms. The maximum absolute atomic E-state index is 15.3. The van der Waals surface area contributed by atoms with E-state index >= 15 is 4.39 Å². The molecule has 3 heterocycles. The Bertz CT molecular complexity index is 2610. The number of rotatable bonds is 24. The largest absolute Gasteiger partial charge is 0.390 e. The number of primary amides is 1. The van der Waals surface area contributed by atoms with Gasteiger partial charge >= 0.3 is 18.0 Å². The molecule has 1 aromatic heterocycles. The first-order valence-electron chi connectivity index (χ1n) is 25.2. The molecular weight excluding hydrogens is 991 g/mol. The van der Waals surface area contributed by atoms with Crippen LogP contribution < -0.4 is 27.8 Å². The first kappa shape index (κ1) is 59.5. The minimum absolute atomic E-state index is 0.00874. The molecule has 2 aliphatic heterocycles. The number of urea groups is 1. The average molecular weight is 1060 g/mol. The second-order valence-electron chi connectivity index (χ2n) is 20.4. The molecule has 0 unspecified atom stereocenters. The van der Waals surface area contributed by atoms with Crippen molar-refractivity contribution in [2.24, 2.45) is 28.5 Å². The number of nitrogens with zero attached hydrogens (tertiary/aromatic N) is 5. The average Bonchev–Trinajstić information content (AvgIpc) is 3.93. The zero-order valence-electron chi connectivity index (χ0n) is 43.5. The van der Waals surface area contributed by atoms with Gasteiger partial charge in [0.25, 0.3) is 11.8 Å². The number of nitrogens with two attached hydrogens (primary N) is 3. The molecule has 0 radical (unpaired) electrons. The number of hydrogen-bond donors (Lipinski definition) is 6. The molecule has 2 aromatic carbocycles. The highest BCUT2D eigenvalue weighted by molar-refractivity contribution is 6.14. The molecule has 4 atom stereocenters. The fourth-order valence-corrected chi connectivity index (χ4v) is 9.29. The number of hydrogen-bond acceptors (Lipinski definition) is 13. The second kappa shape index (κ2) is 26.9. The number of piperidine rings is 1. The number of aliphatic hydroxyl groups is 1. The lowest BCUT2D eigenvalue weighted by atomic mass is 9.82. The quantitative estimate of drug-likeness (QED) is 0.0325. The van der Waals surface area contributed by atoms with Crippen LogP contribution >= 0.6 is 0 Å². The van der Waals surface area contributed by atoms with E-state index < -0.39 is 120 Å². The predicted octanol–water partition coefficient (Wildman–Crippen LogP) is 2.23. The molecule has 0 aliphatic carbocycles. The van der Waals surface area contributed by atoms with Crippen LogP contribution in [0.25, 0.3) is 11.1 Å². The molecule has 0 spiro atoms. The third-order valence-electron chi connectivity index (χ3n) is 13.3. The summed E-state index contributed by atoms with van der Waals surface area (Å²) < 4.78 is 36.8. The van der Waals surface area contributed by atoms with Gasteiger partial charge < -0.3 is 56.9 Å². The van der Waals surface area contributed by atoms with Crippen molar-refractivity contribution in [1.29, 1.82) is 0 Å². The Morgan fingerprint density at radius 2 is 1.54 bits per heavy atom. The number of benzene rings is 2. The van der Waals surface area contributed by atoms with Gasteiger partial charge in [0, 0.05) is 86.9 Å². The molecule has 76 heavy (non-hydrogen) atoms. The summed E-state index contributed by atoms with van der Waals surface area (Å²) in [6, 6.07) is 8.08. The molecule has 5 rings (SSSR count). The van der Waals surface area contributed by atoms with Gasteiger partial charge in [0.05, 0.1) is 12.1 Å². The molecule has 0 saturated carbocycles. The van der Waals surface area contributed by atoms with Gasteiger partial charge in [-0.05, 0) is 73.3 Å². The predicted molar refractivity (Wildman–Crippen MR) is 273 cm³/mol. The fourth-order valence-electron chi connectivity index (χ4n) is 9.29. The van der Waals surface area contributed by atoms with E-state index in [1.807, 2.05) is 55.7 Å². The molecule has 23 heteroatoms. The van der Waals surface area contributed by atoms with Crippen LogP contribution in [-0.2, 0) is 49.6 Å². The van der Waals surface area contributed by atoms with Gasteiger partial charge in [-0.1, -0.05) is 65.0 Å². The Morgan fingerprint density at radius 1 is 0.882 bits per heavy atom. The van der Waals surface area contributed by atoms with Crippen molar-refractivity contribution in [2.75, 3.05) is 45.9 Å². The van der Waals surface area contributed by atoms with Crippen molar-refractivity contribution in [3.05, 3.63) is 95.8 Å².